The van der Waals surface area contributed by atoms with E-state index in [0.29, 0.717) is 44.0 Å². The fraction of sp³-hybridized carbons (Fsp3) is 0.360. The summed E-state index contributed by atoms with van der Waals surface area (Å²) in [6.07, 6.45) is 1.15. The lowest BCUT2D eigenvalue weighted by Crippen LogP contribution is -2.56. The minimum atomic E-state index is -3.11. The number of aromatic nitrogens is 2. The third kappa shape index (κ3) is 4.07. The van der Waals surface area contributed by atoms with E-state index >= 15 is 0 Å². The number of amides is 1. The molecule has 5 rings (SSSR count). The molecule has 2 saturated heterocycles. The molecule has 2 aliphatic rings. The number of para-hydroxylation sites is 2. The molecule has 3 aromatic rings. The third-order valence-corrected chi connectivity index (χ3v) is 7.01. The maximum atomic E-state index is 13.2. The van der Waals surface area contributed by atoms with Gasteiger partial charge in [-0.25, -0.2) is 4.68 Å². The van der Waals surface area contributed by atoms with Gasteiger partial charge in [0.2, 0.25) is 11.7 Å². The van der Waals surface area contributed by atoms with E-state index in [0.717, 1.165) is 5.69 Å². The lowest BCUT2D eigenvalue weighted by molar-refractivity contribution is -0.125. The van der Waals surface area contributed by atoms with Gasteiger partial charge in [0, 0.05) is 32.4 Å². The summed E-state index contributed by atoms with van der Waals surface area (Å²) in [5.41, 5.74) is 0.624. The van der Waals surface area contributed by atoms with E-state index in [9.17, 15) is 18.4 Å². The summed E-state index contributed by atoms with van der Waals surface area (Å²) >= 11 is 0. The largest absolute Gasteiger partial charge is 0.427 e. The van der Waals surface area contributed by atoms with Gasteiger partial charge in [-0.2, -0.15) is 8.78 Å². The number of ether oxygens (including phenoxy) is 1. The molecule has 10 heteroatoms. The van der Waals surface area contributed by atoms with Crippen molar-refractivity contribution in [2.45, 2.75) is 31.5 Å². The average molecular weight is 484 g/mol. The van der Waals surface area contributed by atoms with Crippen molar-refractivity contribution < 1.29 is 18.3 Å². The van der Waals surface area contributed by atoms with Gasteiger partial charge in [-0.05, 0) is 37.1 Å². The fourth-order valence-electron chi connectivity index (χ4n) is 5.19. The standard InChI is InChI=1S/C25H27F2N5O3/c1-29-20(21(35-24(26)27)22(33)32(29)19-10-6-3-7-11-19)16-30-14-12-25(13-15-30)23(34)28-17-31(25)18-8-4-2-5-9-18/h2-11,24H,12-17H2,1H3,(H,28,34). The van der Waals surface area contributed by atoms with Crippen LogP contribution in [0.3, 0.4) is 0 Å². The Kier molecular flexibility index (Phi) is 6.06. The van der Waals surface area contributed by atoms with E-state index < -0.39 is 17.7 Å². The Labute approximate surface area is 201 Å². The number of hydrogen-bond donors (Lipinski definition) is 1. The summed E-state index contributed by atoms with van der Waals surface area (Å²) in [6, 6.07) is 18.7. The molecule has 2 fully saturated rings. The first kappa shape index (κ1) is 23.1. The molecule has 0 saturated carbocycles. The minimum Gasteiger partial charge on any atom is -0.427 e. The van der Waals surface area contributed by atoms with Crippen LogP contribution in [0.2, 0.25) is 0 Å². The smallest absolute Gasteiger partial charge is 0.387 e. The van der Waals surface area contributed by atoms with Gasteiger partial charge >= 0.3 is 12.2 Å². The number of anilines is 1. The number of carbonyl (C=O) groups is 1. The molecule has 0 unspecified atom stereocenters. The van der Waals surface area contributed by atoms with Gasteiger partial charge in [-0.1, -0.05) is 36.4 Å². The number of hydrogen-bond acceptors (Lipinski definition) is 5. The van der Waals surface area contributed by atoms with Crippen LogP contribution in [0.5, 0.6) is 5.75 Å². The van der Waals surface area contributed by atoms with E-state index in [-0.39, 0.29) is 18.2 Å². The number of nitrogens with one attached hydrogen (secondary N) is 1. The number of piperidine rings is 1. The molecule has 1 amide bonds. The third-order valence-electron chi connectivity index (χ3n) is 7.01. The predicted octanol–water partition coefficient (Wildman–Crippen LogP) is 2.71. The maximum absolute atomic E-state index is 13.2. The van der Waals surface area contributed by atoms with Crippen molar-refractivity contribution in [2.75, 3.05) is 24.7 Å². The lowest BCUT2D eigenvalue weighted by Gasteiger charge is -2.43. The highest BCUT2D eigenvalue weighted by Gasteiger charge is 2.50. The van der Waals surface area contributed by atoms with Crippen molar-refractivity contribution in [1.82, 2.24) is 19.6 Å². The highest BCUT2D eigenvalue weighted by molar-refractivity contribution is 5.93. The summed E-state index contributed by atoms with van der Waals surface area (Å²) in [5, 5.41) is 2.98. The summed E-state index contributed by atoms with van der Waals surface area (Å²) in [4.78, 5) is 30.1. The molecule has 0 radical (unpaired) electrons. The van der Waals surface area contributed by atoms with E-state index in [1.54, 1.807) is 36.0 Å². The first-order valence-electron chi connectivity index (χ1n) is 11.6. The second-order valence-electron chi connectivity index (χ2n) is 8.87. The molecule has 1 aromatic heterocycles. The zero-order chi connectivity index (χ0) is 24.6. The molecule has 8 nitrogen and oxygen atoms in total. The highest BCUT2D eigenvalue weighted by atomic mass is 19.3. The Morgan fingerprint density at radius 1 is 0.971 bits per heavy atom. The van der Waals surface area contributed by atoms with Gasteiger partial charge in [0.05, 0.1) is 18.1 Å². The zero-order valence-electron chi connectivity index (χ0n) is 19.4. The van der Waals surface area contributed by atoms with Crippen LogP contribution in [0.1, 0.15) is 18.5 Å². The van der Waals surface area contributed by atoms with E-state index in [4.69, 9.17) is 4.74 Å². The number of likely N-dealkylation sites (tertiary alicyclic amines) is 1. The molecule has 1 spiro atoms. The van der Waals surface area contributed by atoms with Gasteiger partial charge in [-0.3, -0.25) is 19.2 Å². The average Bonchev–Trinajstić information content (AvgIpc) is 3.29. The first-order chi connectivity index (χ1) is 16.9. The Balaban J connectivity index is 1.40. The second-order valence-corrected chi connectivity index (χ2v) is 8.87. The molecule has 35 heavy (non-hydrogen) atoms. The van der Waals surface area contributed by atoms with Gasteiger partial charge < -0.3 is 15.0 Å². The van der Waals surface area contributed by atoms with E-state index in [2.05, 4.69) is 15.1 Å². The predicted molar refractivity (Wildman–Crippen MR) is 127 cm³/mol. The van der Waals surface area contributed by atoms with Crippen LogP contribution >= 0.6 is 0 Å². The van der Waals surface area contributed by atoms with Crippen molar-refractivity contribution in [3.63, 3.8) is 0 Å². The number of carbonyl (C=O) groups excluding carboxylic acids is 1. The first-order valence-corrected chi connectivity index (χ1v) is 11.6. The quantitative estimate of drug-likeness (QED) is 0.584. The summed E-state index contributed by atoms with van der Waals surface area (Å²) in [5.74, 6) is -0.346. The molecular formula is C25H27F2N5O3. The number of nitrogens with zero attached hydrogens (tertiary/aromatic N) is 4. The van der Waals surface area contributed by atoms with Crippen LogP contribution in [-0.2, 0) is 18.4 Å². The monoisotopic (exact) mass is 483 g/mol. The Morgan fingerprint density at radius 3 is 2.17 bits per heavy atom. The Hall–Kier alpha value is -3.66. The highest BCUT2D eigenvalue weighted by Crippen LogP contribution is 2.36. The summed E-state index contributed by atoms with van der Waals surface area (Å²) < 4.78 is 34.0. The SMILES string of the molecule is Cn1c(CN2CCC3(CC2)C(=O)NCN3c2ccccc2)c(OC(F)F)c(=O)n1-c1ccccc1. The molecule has 0 aliphatic carbocycles. The van der Waals surface area contributed by atoms with E-state index in [1.165, 1.54) is 4.68 Å². The molecule has 2 aliphatic heterocycles. The van der Waals surface area contributed by atoms with Gasteiger partial charge in [0.15, 0.2) is 0 Å². The van der Waals surface area contributed by atoms with Crippen LogP contribution < -0.4 is 20.5 Å². The van der Waals surface area contributed by atoms with E-state index in [1.807, 2.05) is 36.4 Å². The molecule has 184 valence electrons. The fourth-order valence-corrected chi connectivity index (χ4v) is 5.19. The topological polar surface area (TPSA) is 71.7 Å². The minimum absolute atomic E-state index is 0.00496. The normalized spacial score (nSPS) is 17.8. The van der Waals surface area contributed by atoms with Crippen LogP contribution in [-0.4, -0.2) is 52.1 Å². The molecule has 0 bridgehead atoms. The van der Waals surface area contributed by atoms with Crippen molar-refractivity contribution in [3.05, 3.63) is 76.7 Å². The number of rotatable bonds is 6. The Morgan fingerprint density at radius 2 is 1.57 bits per heavy atom. The van der Waals surface area contributed by atoms with Gasteiger partial charge in [0.25, 0.3) is 0 Å². The van der Waals surface area contributed by atoms with Gasteiger partial charge in [0.1, 0.15) is 5.54 Å². The number of alkyl halides is 2. The van der Waals surface area contributed by atoms with Crippen molar-refractivity contribution >= 4 is 11.6 Å². The van der Waals surface area contributed by atoms with Crippen LogP contribution in [0.25, 0.3) is 5.69 Å². The van der Waals surface area contributed by atoms with Crippen LogP contribution in [0, 0.1) is 0 Å². The molecule has 2 aromatic carbocycles. The number of halogens is 2. The molecular weight excluding hydrogens is 456 g/mol. The summed E-state index contributed by atoms with van der Waals surface area (Å²) in [7, 11) is 1.66. The van der Waals surface area contributed by atoms with Crippen LogP contribution in [0.4, 0.5) is 14.5 Å². The number of benzene rings is 2. The Bertz CT molecular complexity index is 1250. The molecule has 0 atom stereocenters. The van der Waals surface area contributed by atoms with Crippen LogP contribution in [0.15, 0.2) is 65.5 Å². The zero-order valence-corrected chi connectivity index (χ0v) is 19.4. The van der Waals surface area contributed by atoms with Crippen molar-refractivity contribution in [1.29, 1.82) is 0 Å². The maximum Gasteiger partial charge on any atom is 0.387 e. The second kappa shape index (κ2) is 9.18. The van der Waals surface area contributed by atoms with Crippen molar-refractivity contribution in [3.8, 4) is 11.4 Å². The summed E-state index contributed by atoms with van der Waals surface area (Å²) in [6.45, 7) is -1.29. The molecule has 1 N–H and O–H groups in total. The lowest BCUT2D eigenvalue weighted by atomic mass is 9.85. The van der Waals surface area contributed by atoms with Crippen molar-refractivity contribution in [2.24, 2.45) is 7.05 Å². The molecule has 3 heterocycles. The van der Waals surface area contributed by atoms with Gasteiger partial charge in [-0.15, -0.1) is 0 Å².